The lowest BCUT2D eigenvalue weighted by molar-refractivity contribution is -0.0882. The quantitative estimate of drug-likeness (QED) is 0.369. The van der Waals surface area contributed by atoms with E-state index < -0.39 is 24.2 Å². The van der Waals surface area contributed by atoms with E-state index in [0.717, 1.165) is 0 Å². The van der Waals surface area contributed by atoms with Crippen molar-refractivity contribution in [3.8, 4) is 0 Å². The van der Waals surface area contributed by atoms with Crippen LogP contribution in [0.4, 0.5) is 0 Å². The monoisotopic (exact) mass is 200 g/mol. The number of imidazole rings is 1. The highest BCUT2D eigenvalue weighted by Gasteiger charge is 2.41. The number of fused-ring (bicyclic) bond motifs is 1. The summed E-state index contributed by atoms with van der Waals surface area (Å²) in [5, 5.41) is 37.6. The Morgan fingerprint density at radius 3 is 2.64 bits per heavy atom. The highest BCUT2D eigenvalue weighted by molar-refractivity contribution is 5.26. The molecule has 1 aliphatic rings. The van der Waals surface area contributed by atoms with Gasteiger partial charge in [0, 0.05) is 0 Å². The van der Waals surface area contributed by atoms with E-state index in [0.29, 0.717) is 11.4 Å². The maximum absolute atomic E-state index is 9.55. The van der Waals surface area contributed by atoms with E-state index >= 15 is 0 Å². The van der Waals surface area contributed by atoms with Crippen molar-refractivity contribution in [1.29, 1.82) is 0 Å². The van der Waals surface area contributed by atoms with Crippen LogP contribution in [-0.4, -0.2) is 49.2 Å². The van der Waals surface area contributed by atoms with Crippen LogP contribution in [0.2, 0.25) is 0 Å². The van der Waals surface area contributed by atoms with Gasteiger partial charge in [-0.1, -0.05) is 0 Å². The Balaban J connectivity index is 2.44. The first-order chi connectivity index (χ1) is 6.66. The largest absolute Gasteiger partial charge is 0.396 e. The molecule has 0 radical (unpaired) electrons. The molecule has 6 heteroatoms. The van der Waals surface area contributed by atoms with Crippen molar-refractivity contribution >= 4 is 0 Å². The normalized spacial score (nSPS) is 36.9. The third-order valence-corrected chi connectivity index (χ3v) is 2.63. The Hall–Kier alpha value is -0.950. The molecule has 0 amide bonds. The van der Waals surface area contributed by atoms with Gasteiger partial charge in [-0.3, -0.25) is 0 Å². The van der Waals surface area contributed by atoms with Crippen LogP contribution in [0.25, 0.3) is 0 Å². The second-order valence-corrected chi connectivity index (χ2v) is 3.42. The van der Waals surface area contributed by atoms with Gasteiger partial charge < -0.3 is 25.4 Å². The van der Waals surface area contributed by atoms with Gasteiger partial charge in [-0.15, -0.1) is 0 Å². The van der Waals surface area contributed by atoms with E-state index in [4.69, 9.17) is 5.11 Å². The van der Waals surface area contributed by atoms with Crippen molar-refractivity contribution in [1.82, 2.24) is 9.97 Å². The van der Waals surface area contributed by atoms with Gasteiger partial charge in [0.2, 0.25) is 0 Å². The van der Waals surface area contributed by atoms with E-state index in [2.05, 4.69) is 9.97 Å². The lowest BCUT2D eigenvalue weighted by atomic mass is 9.84. The number of hydrogen-bond donors (Lipinski definition) is 5. The van der Waals surface area contributed by atoms with Gasteiger partial charge in [-0.05, 0) is 0 Å². The molecule has 1 aromatic heterocycles. The van der Waals surface area contributed by atoms with Crippen LogP contribution in [0, 0.1) is 0 Å². The number of H-pyrrole nitrogens is 1. The molecule has 14 heavy (non-hydrogen) atoms. The predicted octanol–water partition coefficient (Wildman–Crippen LogP) is -1.75. The third-order valence-electron chi connectivity index (χ3n) is 2.63. The standard InChI is InChI=1S/C8H12N2O4/c11-1-3-4-5(10-2-9-4)7(13)8(14)6(3)12/h2-3,6-8,11-14H,1H2,(H,9,10)/t3-,6+,7-,8-/m0/s1. The number of nitrogens with one attached hydrogen (secondary N) is 1. The molecule has 0 saturated heterocycles. The Kier molecular flexibility index (Phi) is 2.28. The van der Waals surface area contributed by atoms with Crippen LogP contribution in [0.5, 0.6) is 0 Å². The fourth-order valence-corrected chi connectivity index (χ4v) is 1.80. The first kappa shape index (κ1) is 9.60. The summed E-state index contributed by atoms with van der Waals surface area (Å²) in [7, 11) is 0. The van der Waals surface area contributed by atoms with Crippen LogP contribution in [-0.2, 0) is 0 Å². The van der Waals surface area contributed by atoms with E-state index in [1.54, 1.807) is 0 Å². The summed E-state index contributed by atoms with van der Waals surface area (Å²) in [6, 6.07) is 0. The Morgan fingerprint density at radius 1 is 1.29 bits per heavy atom. The highest BCUT2D eigenvalue weighted by Crippen LogP contribution is 2.35. The van der Waals surface area contributed by atoms with Gasteiger partial charge in [-0.2, -0.15) is 0 Å². The zero-order valence-electron chi connectivity index (χ0n) is 7.33. The molecule has 78 valence electrons. The van der Waals surface area contributed by atoms with E-state index in [9.17, 15) is 15.3 Å². The summed E-state index contributed by atoms with van der Waals surface area (Å²) in [6.45, 7) is -0.317. The number of aliphatic hydroxyl groups excluding tert-OH is 4. The molecule has 5 N–H and O–H groups in total. The van der Waals surface area contributed by atoms with Crippen molar-refractivity contribution in [2.75, 3.05) is 6.61 Å². The van der Waals surface area contributed by atoms with E-state index in [1.807, 2.05) is 0 Å². The molecule has 0 aromatic carbocycles. The van der Waals surface area contributed by atoms with E-state index in [1.165, 1.54) is 6.33 Å². The molecule has 0 spiro atoms. The van der Waals surface area contributed by atoms with Gasteiger partial charge in [-0.25, -0.2) is 4.98 Å². The second-order valence-electron chi connectivity index (χ2n) is 3.42. The molecular weight excluding hydrogens is 188 g/mol. The minimum Gasteiger partial charge on any atom is -0.396 e. The predicted molar refractivity (Wildman–Crippen MR) is 45.4 cm³/mol. The molecule has 6 nitrogen and oxygen atoms in total. The van der Waals surface area contributed by atoms with Gasteiger partial charge in [0.25, 0.3) is 0 Å². The molecule has 0 saturated carbocycles. The molecule has 0 bridgehead atoms. The lowest BCUT2D eigenvalue weighted by Gasteiger charge is -2.33. The number of aliphatic hydroxyl groups is 4. The zero-order chi connectivity index (χ0) is 10.3. The van der Waals surface area contributed by atoms with Crippen molar-refractivity contribution < 1.29 is 20.4 Å². The van der Waals surface area contributed by atoms with Crippen molar-refractivity contribution in [2.24, 2.45) is 0 Å². The average molecular weight is 200 g/mol. The molecule has 1 heterocycles. The lowest BCUT2D eigenvalue weighted by Crippen LogP contribution is -2.43. The Morgan fingerprint density at radius 2 is 2.00 bits per heavy atom. The molecule has 1 aliphatic carbocycles. The highest BCUT2D eigenvalue weighted by atomic mass is 16.4. The third kappa shape index (κ3) is 1.16. The summed E-state index contributed by atoms with van der Waals surface area (Å²) >= 11 is 0. The van der Waals surface area contributed by atoms with Crippen LogP contribution >= 0.6 is 0 Å². The van der Waals surface area contributed by atoms with Crippen molar-refractivity contribution in [2.45, 2.75) is 24.2 Å². The number of hydrogen-bond acceptors (Lipinski definition) is 5. The molecule has 2 rings (SSSR count). The van der Waals surface area contributed by atoms with Gasteiger partial charge >= 0.3 is 0 Å². The van der Waals surface area contributed by atoms with Crippen LogP contribution in [0.3, 0.4) is 0 Å². The summed E-state index contributed by atoms with van der Waals surface area (Å²) in [5.41, 5.74) is 0.777. The number of aromatic nitrogens is 2. The molecular formula is C8H12N2O4. The van der Waals surface area contributed by atoms with Crippen molar-refractivity contribution in [3.05, 3.63) is 17.7 Å². The molecule has 0 fully saturated rings. The maximum Gasteiger partial charge on any atom is 0.124 e. The fourth-order valence-electron chi connectivity index (χ4n) is 1.80. The van der Waals surface area contributed by atoms with Gasteiger partial charge in [0.1, 0.15) is 12.2 Å². The van der Waals surface area contributed by atoms with E-state index in [-0.39, 0.29) is 6.61 Å². The first-order valence-electron chi connectivity index (χ1n) is 4.35. The molecule has 0 unspecified atom stereocenters. The number of nitrogens with zero attached hydrogens (tertiary/aromatic N) is 1. The average Bonchev–Trinajstić information content (AvgIpc) is 2.64. The second kappa shape index (κ2) is 3.32. The number of aromatic amines is 1. The summed E-state index contributed by atoms with van der Waals surface area (Å²) in [5.74, 6) is -0.644. The Bertz CT molecular complexity index is 327. The topological polar surface area (TPSA) is 110 Å². The fraction of sp³-hybridized carbons (Fsp3) is 0.625. The zero-order valence-corrected chi connectivity index (χ0v) is 7.33. The SMILES string of the molecule is OC[C@H]1c2nc[nH]c2[C@H](O)[C@@H](O)[C@@H]1O. The summed E-state index contributed by atoms with van der Waals surface area (Å²) < 4.78 is 0. The summed E-state index contributed by atoms with van der Waals surface area (Å²) in [4.78, 5) is 6.58. The minimum absolute atomic E-state index is 0.317. The minimum atomic E-state index is -1.29. The number of rotatable bonds is 1. The Labute approximate surface area is 79.9 Å². The summed E-state index contributed by atoms with van der Waals surface area (Å²) in [6.07, 6.45) is -2.29. The van der Waals surface area contributed by atoms with Crippen molar-refractivity contribution in [3.63, 3.8) is 0 Å². The first-order valence-corrected chi connectivity index (χ1v) is 4.35. The smallest absolute Gasteiger partial charge is 0.124 e. The molecule has 0 aliphatic heterocycles. The van der Waals surface area contributed by atoms with Crippen LogP contribution in [0.15, 0.2) is 6.33 Å². The van der Waals surface area contributed by atoms with Crippen LogP contribution in [0.1, 0.15) is 23.4 Å². The molecule has 1 aromatic rings. The van der Waals surface area contributed by atoms with Gasteiger partial charge in [0.15, 0.2) is 0 Å². The molecule has 4 atom stereocenters. The van der Waals surface area contributed by atoms with Crippen LogP contribution < -0.4 is 0 Å². The van der Waals surface area contributed by atoms with Gasteiger partial charge in [0.05, 0.1) is 36.3 Å². The maximum atomic E-state index is 9.55.